The number of aliphatic carboxylic acids is 1. The standard InChI is InChI=1S/C8H15NO3/c1-4-5-9-8(2,6-12-3)7(10)11/h4,9H,1,5-6H2,2-3H3,(H,10,11). The van der Waals surface area contributed by atoms with E-state index in [0.717, 1.165) is 0 Å². The molecule has 0 aliphatic carbocycles. The minimum absolute atomic E-state index is 0.135. The van der Waals surface area contributed by atoms with Gasteiger partial charge in [-0.05, 0) is 6.92 Å². The van der Waals surface area contributed by atoms with Gasteiger partial charge in [-0.3, -0.25) is 10.1 Å². The van der Waals surface area contributed by atoms with E-state index in [0.29, 0.717) is 6.54 Å². The summed E-state index contributed by atoms with van der Waals surface area (Å²) in [4.78, 5) is 10.7. The molecular weight excluding hydrogens is 158 g/mol. The molecule has 12 heavy (non-hydrogen) atoms. The lowest BCUT2D eigenvalue weighted by atomic mass is 10.0. The Hall–Kier alpha value is -0.870. The van der Waals surface area contributed by atoms with Gasteiger partial charge in [-0.25, -0.2) is 0 Å². The number of carboxylic acids is 1. The third-order valence-electron chi connectivity index (χ3n) is 1.54. The largest absolute Gasteiger partial charge is 0.480 e. The molecule has 4 heteroatoms. The molecule has 4 nitrogen and oxygen atoms in total. The van der Waals surface area contributed by atoms with Crippen molar-refractivity contribution in [3.8, 4) is 0 Å². The quantitative estimate of drug-likeness (QED) is 0.565. The van der Waals surface area contributed by atoms with Gasteiger partial charge in [-0.1, -0.05) is 6.08 Å². The fraction of sp³-hybridized carbons (Fsp3) is 0.625. The fourth-order valence-corrected chi connectivity index (χ4v) is 0.774. The van der Waals surface area contributed by atoms with Gasteiger partial charge < -0.3 is 9.84 Å². The molecule has 0 aromatic rings. The Labute approximate surface area is 72.2 Å². The molecule has 70 valence electrons. The average molecular weight is 173 g/mol. The van der Waals surface area contributed by atoms with Gasteiger partial charge in [0.05, 0.1) is 6.61 Å². The molecule has 0 saturated heterocycles. The summed E-state index contributed by atoms with van der Waals surface area (Å²) in [6.45, 7) is 5.64. The van der Waals surface area contributed by atoms with E-state index >= 15 is 0 Å². The van der Waals surface area contributed by atoms with Crippen molar-refractivity contribution in [3.05, 3.63) is 12.7 Å². The molecule has 0 aromatic carbocycles. The van der Waals surface area contributed by atoms with Crippen LogP contribution in [0.4, 0.5) is 0 Å². The summed E-state index contributed by atoms with van der Waals surface area (Å²) in [5.41, 5.74) is -1.02. The number of carbonyl (C=O) groups is 1. The summed E-state index contributed by atoms with van der Waals surface area (Å²) in [7, 11) is 1.47. The lowest BCUT2D eigenvalue weighted by Gasteiger charge is -2.24. The fourth-order valence-electron chi connectivity index (χ4n) is 0.774. The summed E-state index contributed by atoms with van der Waals surface area (Å²) in [5.74, 6) is -0.925. The van der Waals surface area contributed by atoms with Crippen molar-refractivity contribution >= 4 is 5.97 Å². The molecule has 0 fully saturated rings. The van der Waals surface area contributed by atoms with E-state index in [1.54, 1.807) is 13.0 Å². The number of ether oxygens (including phenoxy) is 1. The van der Waals surface area contributed by atoms with E-state index in [9.17, 15) is 4.79 Å². The molecule has 0 aromatic heterocycles. The van der Waals surface area contributed by atoms with E-state index < -0.39 is 11.5 Å². The summed E-state index contributed by atoms with van der Waals surface area (Å²) in [5, 5.41) is 11.6. The molecule has 0 radical (unpaired) electrons. The highest BCUT2D eigenvalue weighted by Crippen LogP contribution is 2.03. The van der Waals surface area contributed by atoms with Crippen LogP contribution in [0, 0.1) is 0 Å². The highest BCUT2D eigenvalue weighted by atomic mass is 16.5. The molecule has 2 N–H and O–H groups in total. The third-order valence-corrected chi connectivity index (χ3v) is 1.54. The number of hydrogen-bond acceptors (Lipinski definition) is 3. The van der Waals surface area contributed by atoms with Crippen LogP contribution in [-0.4, -0.2) is 36.9 Å². The third kappa shape index (κ3) is 3.02. The van der Waals surface area contributed by atoms with Gasteiger partial charge in [0.25, 0.3) is 0 Å². The normalized spacial score (nSPS) is 15.2. The predicted octanol–water partition coefficient (Wildman–Crippen LogP) is 0.252. The monoisotopic (exact) mass is 173 g/mol. The number of hydrogen-bond donors (Lipinski definition) is 2. The van der Waals surface area contributed by atoms with Gasteiger partial charge in [-0.2, -0.15) is 0 Å². The Balaban J connectivity index is 4.17. The number of methoxy groups -OCH3 is 1. The molecule has 0 aliphatic heterocycles. The smallest absolute Gasteiger partial charge is 0.326 e. The molecule has 0 bridgehead atoms. The molecule has 0 spiro atoms. The maximum Gasteiger partial charge on any atom is 0.326 e. The molecule has 0 saturated carbocycles. The summed E-state index contributed by atoms with van der Waals surface area (Å²) < 4.78 is 4.79. The van der Waals surface area contributed by atoms with E-state index in [2.05, 4.69) is 11.9 Å². The number of nitrogens with one attached hydrogen (secondary N) is 1. The SMILES string of the molecule is C=CCNC(C)(COC)C(=O)O. The second-order valence-corrected chi connectivity index (χ2v) is 2.74. The van der Waals surface area contributed by atoms with Gasteiger partial charge in [0, 0.05) is 13.7 Å². The van der Waals surface area contributed by atoms with Crippen LogP contribution in [0.25, 0.3) is 0 Å². The van der Waals surface area contributed by atoms with E-state index in [4.69, 9.17) is 9.84 Å². The van der Waals surface area contributed by atoms with Crippen LogP contribution in [-0.2, 0) is 9.53 Å². The first-order chi connectivity index (χ1) is 5.56. The zero-order valence-corrected chi connectivity index (χ0v) is 7.46. The molecule has 0 aliphatic rings. The first kappa shape index (κ1) is 11.1. The first-order valence-corrected chi connectivity index (χ1v) is 3.65. The molecule has 0 rings (SSSR count). The van der Waals surface area contributed by atoms with E-state index in [-0.39, 0.29) is 6.61 Å². The van der Waals surface area contributed by atoms with Crippen LogP contribution < -0.4 is 5.32 Å². The van der Waals surface area contributed by atoms with Crippen LogP contribution in [0.15, 0.2) is 12.7 Å². The molecule has 0 amide bonds. The van der Waals surface area contributed by atoms with Crippen LogP contribution in [0.1, 0.15) is 6.92 Å². The van der Waals surface area contributed by atoms with Gasteiger partial charge in [0.2, 0.25) is 0 Å². The predicted molar refractivity (Wildman–Crippen MR) is 46.1 cm³/mol. The van der Waals surface area contributed by atoms with Gasteiger partial charge in [0.1, 0.15) is 5.54 Å². The molecule has 1 atom stereocenters. The highest BCUT2D eigenvalue weighted by Gasteiger charge is 2.31. The maximum atomic E-state index is 10.7. The first-order valence-electron chi connectivity index (χ1n) is 3.65. The summed E-state index contributed by atoms with van der Waals surface area (Å²) >= 11 is 0. The molecule has 1 unspecified atom stereocenters. The maximum absolute atomic E-state index is 10.7. The Kier molecular flexibility index (Phi) is 4.54. The summed E-state index contributed by atoms with van der Waals surface area (Å²) in [6, 6.07) is 0. The van der Waals surface area contributed by atoms with Crippen molar-refractivity contribution in [2.45, 2.75) is 12.5 Å². The second-order valence-electron chi connectivity index (χ2n) is 2.74. The zero-order valence-electron chi connectivity index (χ0n) is 7.46. The molecular formula is C8H15NO3. The van der Waals surface area contributed by atoms with Crippen molar-refractivity contribution in [2.24, 2.45) is 0 Å². The van der Waals surface area contributed by atoms with Crippen LogP contribution in [0.2, 0.25) is 0 Å². The van der Waals surface area contributed by atoms with Crippen LogP contribution in [0.5, 0.6) is 0 Å². The topological polar surface area (TPSA) is 58.6 Å². The lowest BCUT2D eigenvalue weighted by Crippen LogP contribution is -2.52. The van der Waals surface area contributed by atoms with Crippen molar-refractivity contribution in [3.63, 3.8) is 0 Å². The highest BCUT2D eigenvalue weighted by molar-refractivity contribution is 5.78. The van der Waals surface area contributed by atoms with E-state index in [1.807, 2.05) is 0 Å². The van der Waals surface area contributed by atoms with Gasteiger partial charge in [-0.15, -0.1) is 6.58 Å². The van der Waals surface area contributed by atoms with Crippen molar-refractivity contribution in [2.75, 3.05) is 20.3 Å². The van der Waals surface area contributed by atoms with E-state index in [1.165, 1.54) is 7.11 Å². The second kappa shape index (κ2) is 4.90. The van der Waals surface area contributed by atoms with Crippen molar-refractivity contribution < 1.29 is 14.6 Å². The Morgan fingerprint density at radius 2 is 2.42 bits per heavy atom. The van der Waals surface area contributed by atoms with Crippen molar-refractivity contribution in [1.29, 1.82) is 0 Å². The number of carboxylic acid groups (broad SMARTS) is 1. The Morgan fingerprint density at radius 3 is 2.75 bits per heavy atom. The van der Waals surface area contributed by atoms with Gasteiger partial charge in [0.15, 0.2) is 0 Å². The molecule has 0 heterocycles. The lowest BCUT2D eigenvalue weighted by molar-refractivity contribution is -0.146. The minimum atomic E-state index is -1.02. The number of rotatable bonds is 6. The minimum Gasteiger partial charge on any atom is -0.480 e. The Bertz CT molecular complexity index is 170. The van der Waals surface area contributed by atoms with Gasteiger partial charge >= 0.3 is 5.97 Å². The van der Waals surface area contributed by atoms with Crippen LogP contribution >= 0.6 is 0 Å². The summed E-state index contributed by atoms with van der Waals surface area (Å²) in [6.07, 6.45) is 1.61. The zero-order chi connectivity index (χ0) is 9.61. The Morgan fingerprint density at radius 1 is 1.83 bits per heavy atom. The van der Waals surface area contributed by atoms with Crippen LogP contribution in [0.3, 0.4) is 0 Å². The van der Waals surface area contributed by atoms with Crippen molar-refractivity contribution in [1.82, 2.24) is 5.32 Å². The average Bonchev–Trinajstić information content (AvgIpc) is 2.01.